The Morgan fingerprint density at radius 2 is 1.10 bits per heavy atom. The van der Waals surface area contributed by atoms with E-state index in [1.54, 1.807) is 0 Å². The minimum atomic E-state index is -0.422. The zero-order chi connectivity index (χ0) is 21.3. The van der Waals surface area contributed by atoms with E-state index in [2.05, 4.69) is 29.6 Å². The predicted octanol–water partition coefficient (Wildman–Crippen LogP) is 4.10. The molecule has 1 heterocycles. The molecule has 5 heteroatoms. The Bertz CT molecular complexity index is 868. The summed E-state index contributed by atoms with van der Waals surface area (Å²) in [5, 5.41) is 3.38. The van der Waals surface area contributed by atoms with Crippen molar-refractivity contribution >= 4 is 11.9 Å². The highest BCUT2D eigenvalue weighted by Crippen LogP contribution is 2.29. The molecule has 0 spiro atoms. The number of carbonyl (C=O) groups is 2. The van der Waals surface area contributed by atoms with Crippen LogP contribution in [0.2, 0.25) is 0 Å². The van der Waals surface area contributed by atoms with E-state index >= 15 is 0 Å². The number of methoxy groups -OCH3 is 2. The minimum absolute atomic E-state index is 0.209. The second-order valence-corrected chi connectivity index (χ2v) is 7.17. The smallest absolute Gasteiger partial charge is 0.335 e. The van der Waals surface area contributed by atoms with Crippen molar-refractivity contribution in [3.8, 4) is 0 Å². The van der Waals surface area contributed by atoms with Crippen LogP contribution in [-0.2, 0) is 31.9 Å². The van der Waals surface area contributed by atoms with Gasteiger partial charge in [-0.25, -0.2) is 9.59 Å². The van der Waals surface area contributed by atoms with Gasteiger partial charge in [0.2, 0.25) is 0 Å². The minimum Gasteiger partial charge on any atom is -0.466 e. The molecular weight excluding hydrogens is 378 g/mol. The van der Waals surface area contributed by atoms with Crippen molar-refractivity contribution in [1.82, 2.24) is 5.32 Å². The number of benzene rings is 2. The Hall–Kier alpha value is -3.34. The molecule has 0 saturated heterocycles. The molecule has 0 amide bonds. The monoisotopic (exact) mass is 405 g/mol. The first-order chi connectivity index (χ1) is 14.6. The summed E-state index contributed by atoms with van der Waals surface area (Å²) in [7, 11) is 2.72. The first-order valence-electron chi connectivity index (χ1n) is 10.1. The number of dihydropyridines is 1. The van der Waals surface area contributed by atoms with Crippen LogP contribution >= 0.6 is 0 Å². The lowest BCUT2D eigenvalue weighted by Gasteiger charge is -2.26. The summed E-state index contributed by atoms with van der Waals surface area (Å²) in [6, 6.07) is 20.2. The lowest BCUT2D eigenvalue weighted by molar-refractivity contribution is -0.136. The van der Waals surface area contributed by atoms with E-state index < -0.39 is 11.9 Å². The van der Waals surface area contributed by atoms with Gasteiger partial charge in [-0.3, -0.25) is 0 Å². The number of rotatable bonds is 8. The molecule has 0 aromatic heterocycles. The highest BCUT2D eigenvalue weighted by molar-refractivity contribution is 5.96. The molecule has 0 bridgehead atoms. The van der Waals surface area contributed by atoms with Gasteiger partial charge < -0.3 is 14.8 Å². The van der Waals surface area contributed by atoms with Crippen LogP contribution in [0.3, 0.4) is 0 Å². The van der Waals surface area contributed by atoms with Gasteiger partial charge in [-0.15, -0.1) is 0 Å². The van der Waals surface area contributed by atoms with Crippen molar-refractivity contribution in [3.05, 3.63) is 94.3 Å². The van der Waals surface area contributed by atoms with E-state index in [1.807, 2.05) is 36.4 Å². The normalized spacial score (nSPS) is 13.7. The number of aryl methyl sites for hydroxylation is 2. The summed E-state index contributed by atoms with van der Waals surface area (Å²) >= 11 is 0. The second kappa shape index (κ2) is 10.4. The Morgan fingerprint density at radius 1 is 0.700 bits per heavy atom. The third-order valence-electron chi connectivity index (χ3n) is 5.26. The molecular formula is C25H27NO4. The van der Waals surface area contributed by atoms with Crippen molar-refractivity contribution in [2.45, 2.75) is 32.1 Å². The van der Waals surface area contributed by atoms with E-state index in [9.17, 15) is 9.59 Å². The van der Waals surface area contributed by atoms with Gasteiger partial charge in [0.25, 0.3) is 0 Å². The van der Waals surface area contributed by atoms with Gasteiger partial charge in [-0.1, -0.05) is 60.7 Å². The van der Waals surface area contributed by atoms with E-state index in [4.69, 9.17) is 9.47 Å². The molecule has 3 rings (SSSR count). The molecule has 30 heavy (non-hydrogen) atoms. The van der Waals surface area contributed by atoms with Crippen LogP contribution in [0, 0.1) is 0 Å². The first-order valence-corrected chi connectivity index (χ1v) is 10.1. The molecule has 0 fully saturated rings. The fourth-order valence-corrected chi connectivity index (χ4v) is 3.62. The Kier molecular flexibility index (Phi) is 7.44. The van der Waals surface area contributed by atoms with Crippen LogP contribution in [-0.4, -0.2) is 26.2 Å². The van der Waals surface area contributed by atoms with Crippen molar-refractivity contribution in [2.75, 3.05) is 14.2 Å². The number of carbonyl (C=O) groups excluding carboxylic acids is 2. The summed E-state index contributed by atoms with van der Waals surface area (Å²) in [5.41, 5.74) is 4.95. The van der Waals surface area contributed by atoms with Gasteiger partial charge in [0, 0.05) is 17.8 Å². The van der Waals surface area contributed by atoms with Crippen molar-refractivity contribution in [2.24, 2.45) is 0 Å². The number of nitrogens with one attached hydrogen (secondary N) is 1. The average Bonchev–Trinajstić information content (AvgIpc) is 2.81. The van der Waals surface area contributed by atoms with Crippen LogP contribution < -0.4 is 5.32 Å². The van der Waals surface area contributed by atoms with Gasteiger partial charge in [-0.05, 0) is 36.8 Å². The second-order valence-electron chi connectivity index (χ2n) is 7.17. The molecule has 1 aliphatic heterocycles. The fraction of sp³-hybridized carbons (Fsp3) is 0.280. The maximum Gasteiger partial charge on any atom is 0.335 e. The number of hydrogen-bond acceptors (Lipinski definition) is 5. The summed E-state index contributed by atoms with van der Waals surface area (Å²) in [6.45, 7) is 0. The Morgan fingerprint density at radius 3 is 1.47 bits per heavy atom. The molecule has 0 aliphatic carbocycles. The highest BCUT2D eigenvalue weighted by Gasteiger charge is 2.29. The third-order valence-corrected chi connectivity index (χ3v) is 5.26. The van der Waals surface area contributed by atoms with Crippen LogP contribution in [0.5, 0.6) is 0 Å². The van der Waals surface area contributed by atoms with Gasteiger partial charge in [0.15, 0.2) is 0 Å². The molecule has 1 aliphatic rings. The maximum atomic E-state index is 12.4. The lowest BCUT2D eigenvalue weighted by Crippen LogP contribution is -2.29. The van der Waals surface area contributed by atoms with Gasteiger partial charge >= 0.3 is 11.9 Å². The lowest BCUT2D eigenvalue weighted by atomic mass is 9.92. The van der Waals surface area contributed by atoms with Crippen LogP contribution in [0.15, 0.2) is 83.2 Å². The molecule has 0 unspecified atom stereocenters. The van der Waals surface area contributed by atoms with E-state index in [0.29, 0.717) is 24.0 Å². The molecule has 156 valence electrons. The van der Waals surface area contributed by atoms with Crippen LogP contribution in [0.1, 0.15) is 30.4 Å². The van der Waals surface area contributed by atoms with E-state index in [0.717, 1.165) is 24.2 Å². The Balaban J connectivity index is 1.84. The molecule has 2 aromatic rings. The topological polar surface area (TPSA) is 64.6 Å². The number of esters is 2. The average molecular weight is 405 g/mol. The summed E-state index contributed by atoms with van der Waals surface area (Å²) in [6.07, 6.45) is 3.07. The third kappa shape index (κ3) is 5.38. The van der Waals surface area contributed by atoms with Crippen molar-refractivity contribution in [3.63, 3.8) is 0 Å². The Labute approximate surface area is 177 Å². The molecule has 0 saturated carbocycles. The van der Waals surface area contributed by atoms with Crippen LogP contribution in [0.4, 0.5) is 0 Å². The summed E-state index contributed by atoms with van der Waals surface area (Å²) in [4.78, 5) is 24.9. The number of ether oxygens (including phenoxy) is 2. The molecule has 5 nitrogen and oxygen atoms in total. The zero-order valence-corrected chi connectivity index (χ0v) is 17.4. The van der Waals surface area contributed by atoms with E-state index in [1.165, 1.54) is 25.3 Å². The molecule has 0 atom stereocenters. The SMILES string of the molecule is COC(=O)C1=C(CCc2ccccc2)NC(CCc2ccccc2)=C(C(=O)OC)C1. The quantitative estimate of drug-likeness (QED) is 0.670. The molecule has 1 N–H and O–H groups in total. The number of allylic oxidation sites excluding steroid dienone is 2. The molecule has 2 aromatic carbocycles. The van der Waals surface area contributed by atoms with Crippen molar-refractivity contribution < 1.29 is 19.1 Å². The summed E-state index contributed by atoms with van der Waals surface area (Å²) < 4.78 is 9.97. The fourth-order valence-electron chi connectivity index (χ4n) is 3.62. The standard InChI is InChI=1S/C25H27NO4/c1-29-24(27)20-17-21(25(28)30-2)23(16-14-19-11-7-4-8-12-19)26-22(20)15-13-18-9-5-3-6-10-18/h3-12,26H,13-17H2,1-2H3. The van der Waals surface area contributed by atoms with Gasteiger partial charge in [0.1, 0.15) is 0 Å². The summed E-state index contributed by atoms with van der Waals surface area (Å²) in [5.74, 6) is -0.844. The van der Waals surface area contributed by atoms with Crippen LogP contribution in [0.25, 0.3) is 0 Å². The highest BCUT2D eigenvalue weighted by atomic mass is 16.5. The van der Waals surface area contributed by atoms with E-state index in [-0.39, 0.29) is 6.42 Å². The van der Waals surface area contributed by atoms with Gasteiger partial charge in [-0.2, -0.15) is 0 Å². The maximum absolute atomic E-state index is 12.4. The predicted molar refractivity (Wildman–Crippen MR) is 115 cm³/mol. The molecule has 0 radical (unpaired) electrons. The largest absolute Gasteiger partial charge is 0.466 e. The van der Waals surface area contributed by atoms with Crippen molar-refractivity contribution in [1.29, 1.82) is 0 Å². The number of hydrogen-bond donors (Lipinski definition) is 1. The zero-order valence-electron chi connectivity index (χ0n) is 17.4. The first kappa shape index (κ1) is 21.4. The van der Waals surface area contributed by atoms with Gasteiger partial charge in [0.05, 0.1) is 25.4 Å².